The fourth-order valence-electron chi connectivity index (χ4n) is 6.33. The zero-order chi connectivity index (χ0) is 35.4. The number of hydrogen-bond donors (Lipinski definition) is 2. The van der Waals surface area contributed by atoms with E-state index < -0.39 is 11.2 Å². The van der Waals surface area contributed by atoms with Gasteiger partial charge in [0, 0.05) is 47.0 Å². The monoisotopic (exact) mass is 779 g/mol. The molecular formula is C40H26Cl3FeN8. The first-order chi connectivity index (χ1) is 25.5. The third-order valence-corrected chi connectivity index (χ3v) is 8.44. The Morgan fingerprint density at radius 2 is 0.615 bits per heavy atom. The molecule has 0 fully saturated rings. The molecule has 0 aliphatic carbocycles. The van der Waals surface area contributed by atoms with Gasteiger partial charge in [0.2, 0.25) is 0 Å². The summed E-state index contributed by atoms with van der Waals surface area (Å²) >= 11 is -1.33. The van der Waals surface area contributed by atoms with Crippen LogP contribution in [0.3, 0.4) is 0 Å². The molecule has 9 heterocycles. The molecule has 0 saturated heterocycles. The summed E-state index contributed by atoms with van der Waals surface area (Å²) in [5.74, 6) is 0. The van der Waals surface area contributed by atoms with E-state index in [4.69, 9.17) is 60.2 Å². The third kappa shape index (κ3) is 6.93. The second-order valence-electron chi connectivity index (χ2n) is 11.5. The van der Waals surface area contributed by atoms with Crippen molar-refractivity contribution in [3.63, 3.8) is 0 Å². The van der Waals surface area contributed by atoms with Crippen molar-refractivity contribution in [2.75, 3.05) is 0 Å². The van der Waals surface area contributed by atoms with Crippen LogP contribution in [0.2, 0.25) is 0 Å². The maximum atomic E-state index is 5.24. The van der Waals surface area contributed by atoms with Gasteiger partial charge >= 0.3 is 41.5 Å². The molecule has 0 atom stereocenters. The van der Waals surface area contributed by atoms with Crippen LogP contribution in [0.4, 0.5) is 0 Å². The summed E-state index contributed by atoms with van der Waals surface area (Å²) in [6, 6.07) is 32.0. The molecule has 8 bridgehead atoms. The van der Waals surface area contributed by atoms with Gasteiger partial charge in [-0.15, -0.1) is 0 Å². The first kappa shape index (κ1) is 33.7. The molecule has 0 amide bonds. The molecule has 255 valence electrons. The van der Waals surface area contributed by atoms with Gasteiger partial charge in [-0.1, -0.05) is 24.3 Å². The standard InChI is InChI=1S/C40H26N8.3ClH.Fe/c1-5-21-41-25(9-1)37-29-13-15-31(45-29)38(26-10-2-6-22-42-26)33-17-19-35(47-33)40(28-12-4-8-24-44-28)36-20-18-34(48-36)39(27-11-3-7-23-43-27)32-16-14-30(37)46-32;;;;/h1-24,45,48H;3*1H;/q;;;;+3/p-3. The van der Waals surface area contributed by atoms with Crippen molar-refractivity contribution in [1.29, 1.82) is 0 Å². The first-order valence-corrected chi connectivity index (χ1v) is 20.6. The van der Waals surface area contributed by atoms with E-state index >= 15 is 0 Å². The van der Waals surface area contributed by atoms with Crippen molar-refractivity contribution >= 4 is 76.7 Å². The van der Waals surface area contributed by atoms with Crippen LogP contribution in [0.25, 0.3) is 91.4 Å². The molecule has 0 unspecified atom stereocenters. The summed E-state index contributed by atoms with van der Waals surface area (Å²) in [7, 11) is 14.7. The molecule has 2 aliphatic heterocycles. The topological polar surface area (TPSA) is 109 Å². The van der Waals surface area contributed by atoms with Crippen molar-refractivity contribution in [2.45, 2.75) is 0 Å². The zero-order valence-electron chi connectivity index (χ0n) is 27.0. The van der Waals surface area contributed by atoms with E-state index in [9.17, 15) is 0 Å². The summed E-state index contributed by atoms with van der Waals surface area (Å²) in [6.07, 6.45) is 15.4. The fraction of sp³-hybridized carbons (Fsp3) is 0. The van der Waals surface area contributed by atoms with Crippen molar-refractivity contribution in [3.05, 3.63) is 145 Å². The number of aromatic amines is 2. The normalized spacial score (nSPS) is 11.9. The van der Waals surface area contributed by atoms with E-state index in [1.807, 2.05) is 97.1 Å². The van der Waals surface area contributed by atoms with Crippen LogP contribution in [0.5, 0.6) is 0 Å². The molecule has 0 saturated carbocycles. The van der Waals surface area contributed by atoms with Crippen molar-refractivity contribution in [3.8, 4) is 45.0 Å². The van der Waals surface area contributed by atoms with Gasteiger partial charge in [-0.25, -0.2) is 9.97 Å². The number of hydrogen-bond acceptors (Lipinski definition) is 6. The molecule has 2 aliphatic rings. The minimum absolute atomic E-state index is 0.790. The van der Waals surface area contributed by atoms with Crippen LogP contribution in [-0.2, 0) is 11.2 Å². The Morgan fingerprint density at radius 1 is 0.365 bits per heavy atom. The Balaban J connectivity index is 0.000000922. The molecule has 8 nitrogen and oxygen atoms in total. The number of fused-ring (bicyclic) bond motifs is 8. The van der Waals surface area contributed by atoms with Crippen molar-refractivity contribution in [1.82, 2.24) is 39.9 Å². The molecule has 0 aromatic carbocycles. The maximum absolute atomic E-state index is 5.24. The molecule has 12 heteroatoms. The van der Waals surface area contributed by atoms with Crippen LogP contribution >= 0.6 is 30.3 Å². The average Bonchev–Trinajstić information content (AvgIpc) is 4.01. The van der Waals surface area contributed by atoms with E-state index in [1.54, 1.807) is 24.8 Å². The Hall–Kier alpha value is -5.41. The van der Waals surface area contributed by atoms with Gasteiger partial charge in [-0.3, -0.25) is 19.9 Å². The molecule has 9 rings (SSSR count). The van der Waals surface area contributed by atoms with Gasteiger partial charge in [0.05, 0.1) is 67.6 Å². The van der Waals surface area contributed by atoms with E-state index in [2.05, 4.69) is 34.2 Å². The SMILES string of the molecule is C1=Cc2nc1c(-c1ccccn1)c1ccc([nH]1)c(-c1ccccn1)c1nc(c(-c3ccccn3)c3ccc([nH]3)c2-c2ccccn2)C=C1.[Cl][Fe]([Cl])[Cl]. The molecule has 7 aromatic heterocycles. The molecule has 7 aromatic rings. The van der Waals surface area contributed by atoms with Gasteiger partial charge in [0.15, 0.2) is 0 Å². The minimum atomic E-state index is -1.33. The summed E-state index contributed by atoms with van der Waals surface area (Å²) in [5.41, 5.74) is 13.4. The van der Waals surface area contributed by atoms with Crippen LogP contribution in [-0.4, -0.2) is 39.9 Å². The molecule has 2 N–H and O–H groups in total. The van der Waals surface area contributed by atoms with Gasteiger partial charge in [0.1, 0.15) is 0 Å². The van der Waals surface area contributed by atoms with Gasteiger partial charge in [-0.2, -0.15) is 0 Å². The van der Waals surface area contributed by atoms with Crippen LogP contribution in [0.15, 0.2) is 122 Å². The van der Waals surface area contributed by atoms with Crippen molar-refractivity contribution in [2.24, 2.45) is 0 Å². The van der Waals surface area contributed by atoms with E-state index in [0.29, 0.717) is 0 Å². The van der Waals surface area contributed by atoms with Gasteiger partial charge in [0.25, 0.3) is 0 Å². The second-order valence-corrected chi connectivity index (χ2v) is 17.0. The summed E-state index contributed by atoms with van der Waals surface area (Å²) in [5, 5.41) is 0. The van der Waals surface area contributed by atoms with Crippen LogP contribution in [0.1, 0.15) is 22.8 Å². The summed E-state index contributed by atoms with van der Waals surface area (Å²) in [4.78, 5) is 36.9. The molecule has 52 heavy (non-hydrogen) atoms. The third-order valence-electron chi connectivity index (χ3n) is 8.44. The Morgan fingerprint density at radius 3 is 0.827 bits per heavy atom. The molecule has 0 spiro atoms. The van der Waals surface area contributed by atoms with Crippen molar-refractivity contribution < 1.29 is 11.2 Å². The number of aromatic nitrogens is 8. The number of nitrogens with zero attached hydrogens (tertiary/aromatic N) is 6. The summed E-state index contributed by atoms with van der Waals surface area (Å²) < 4.78 is 0. The number of rotatable bonds is 4. The predicted molar refractivity (Wildman–Crippen MR) is 209 cm³/mol. The van der Waals surface area contributed by atoms with Crippen LogP contribution < -0.4 is 0 Å². The predicted octanol–water partition coefficient (Wildman–Crippen LogP) is 11.0. The summed E-state index contributed by atoms with van der Waals surface area (Å²) in [6.45, 7) is 0. The number of nitrogens with one attached hydrogen (secondary N) is 2. The van der Waals surface area contributed by atoms with Crippen LogP contribution in [0, 0.1) is 0 Å². The Labute approximate surface area is 315 Å². The number of pyridine rings is 4. The van der Waals surface area contributed by atoms with E-state index in [0.717, 1.165) is 89.9 Å². The quantitative estimate of drug-likeness (QED) is 0.172. The number of halogens is 3. The second kappa shape index (κ2) is 15.1. The van der Waals surface area contributed by atoms with E-state index in [-0.39, 0.29) is 0 Å². The average molecular weight is 781 g/mol. The molecule has 0 radical (unpaired) electrons. The Kier molecular flexibility index (Phi) is 9.76. The van der Waals surface area contributed by atoms with Gasteiger partial charge < -0.3 is 9.97 Å². The number of H-pyrrole nitrogens is 2. The van der Waals surface area contributed by atoms with Gasteiger partial charge in [-0.05, 0) is 97.1 Å². The zero-order valence-corrected chi connectivity index (χ0v) is 30.4. The van der Waals surface area contributed by atoms with E-state index in [1.165, 1.54) is 0 Å². The Bertz CT molecular complexity index is 2260. The fourth-order valence-corrected chi connectivity index (χ4v) is 6.33. The first-order valence-electron chi connectivity index (χ1n) is 16.0. The molecular weight excluding hydrogens is 755 g/mol.